The van der Waals surface area contributed by atoms with Crippen LogP contribution in [0.25, 0.3) is 0 Å². The molecular formula is C24H35N3O2. The molecule has 2 saturated heterocycles. The molecule has 1 aromatic carbocycles. The molecule has 2 amide bonds. The lowest BCUT2D eigenvalue weighted by molar-refractivity contribution is -0.136. The predicted molar refractivity (Wildman–Crippen MR) is 116 cm³/mol. The van der Waals surface area contributed by atoms with Crippen LogP contribution in [0.1, 0.15) is 57.8 Å². The van der Waals surface area contributed by atoms with Gasteiger partial charge >= 0.3 is 0 Å². The van der Waals surface area contributed by atoms with Crippen molar-refractivity contribution in [2.24, 2.45) is 11.8 Å². The van der Waals surface area contributed by atoms with Crippen molar-refractivity contribution in [2.45, 2.75) is 63.8 Å². The van der Waals surface area contributed by atoms with Crippen LogP contribution in [0.5, 0.6) is 0 Å². The molecule has 0 spiro atoms. The average Bonchev–Trinajstić information content (AvgIpc) is 3.23. The second-order valence-corrected chi connectivity index (χ2v) is 9.09. The standard InChI is InChI=1S/C24H35N3O2/c28-23(18-27-15-7-12-22(27)19-8-3-1-4-9-19)26-16-13-20(14-17-26)24(29)25-21-10-5-2-6-11-21/h2,5-6,10-11,19-20,22H,1,3-4,7-9,12-18H2,(H,25,29)/t22-/m1/s1. The van der Waals surface area contributed by atoms with E-state index in [0.29, 0.717) is 25.7 Å². The molecule has 1 aliphatic carbocycles. The number of piperidine rings is 1. The Balaban J connectivity index is 1.24. The van der Waals surface area contributed by atoms with Crippen LogP contribution in [0.3, 0.4) is 0 Å². The molecule has 2 aliphatic heterocycles. The summed E-state index contributed by atoms with van der Waals surface area (Å²) in [7, 11) is 0. The Kier molecular flexibility index (Phi) is 6.86. The summed E-state index contributed by atoms with van der Waals surface area (Å²) in [6, 6.07) is 10.2. The van der Waals surface area contributed by atoms with E-state index in [0.717, 1.165) is 31.0 Å². The lowest BCUT2D eigenvalue weighted by Crippen LogP contribution is -2.47. The molecule has 29 heavy (non-hydrogen) atoms. The maximum absolute atomic E-state index is 12.9. The van der Waals surface area contributed by atoms with Crippen LogP contribution in [0.2, 0.25) is 0 Å². The SMILES string of the molecule is O=C(Nc1ccccc1)C1CCN(C(=O)CN2CCC[C@@H]2C2CCCCC2)CC1. The fourth-order valence-electron chi connectivity index (χ4n) is 5.53. The van der Waals surface area contributed by atoms with E-state index in [9.17, 15) is 9.59 Å². The van der Waals surface area contributed by atoms with Gasteiger partial charge in [-0.3, -0.25) is 14.5 Å². The van der Waals surface area contributed by atoms with Crippen LogP contribution in [-0.4, -0.2) is 53.8 Å². The Bertz CT molecular complexity index is 679. The molecule has 0 radical (unpaired) electrons. The molecule has 1 saturated carbocycles. The van der Waals surface area contributed by atoms with Gasteiger partial charge in [0.15, 0.2) is 0 Å². The van der Waals surface area contributed by atoms with Gasteiger partial charge in [0.25, 0.3) is 0 Å². The predicted octanol–water partition coefficient (Wildman–Crippen LogP) is 3.91. The van der Waals surface area contributed by atoms with Gasteiger partial charge in [-0.15, -0.1) is 0 Å². The molecule has 2 heterocycles. The van der Waals surface area contributed by atoms with E-state index < -0.39 is 0 Å². The summed E-state index contributed by atoms with van der Waals surface area (Å²) in [6.45, 7) is 3.05. The zero-order chi connectivity index (χ0) is 20.1. The van der Waals surface area contributed by atoms with Crippen molar-refractivity contribution in [1.82, 2.24) is 9.80 Å². The maximum atomic E-state index is 12.9. The van der Waals surface area contributed by atoms with Gasteiger partial charge in [-0.1, -0.05) is 37.5 Å². The number of benzene rings is 1. The van der Waals surface area contributed by atoms with E-state index in [1.807, 2.05) is 35.2 Å². The first-order valence-corrected chi connectivity index (χ1v) is 11.6. The van der Waals surface area contributed by atoms with Crippen LogP contribution >= 0.6 is 0 Å². The van der Waals surface area contributed by atoms with Gasteiger partial charge in [-0.2, -0.15) is 0 Å². The highest BCUT2D eigenvalue weighted by atomic mass is 16.2. The largest absolute Gasteiger partial charge is 0.342 e. The van der Waals surface area contributed by atoms with Crippen LogP contribution in [-0.2, 0) is 9.59 Å². The first-order chi connectivity index (χ1) is 14.2. The number of amides is 2. The van der Waals surface area contributed by atoms with Crippen molar-refractivity contribution in [3.05, 3.63) is 30.3 Å². The smallest absolute Gasteiger partial charge is 0.236 e. The fraction of sp³-hybridized carbons (Fsp3) is 0.667. The molecule has 5 heteroatoms. The summed E-state index contributed by atoms with van der Waals surface area (Å²) < 4.78 is 0. The molecule has 1 aromatic rings. The number of nitrogens with zero attached hydrogens (tertiary/aromatic N) is 2. The van der Waals surface area contributed by atoms with Crippen molar-refractivity contribution in [3.8, 4) is 0 Å². The van der Waals surface area contributed by atoms with Gasteiger partial charge in [0.1, 0.15) is 0 Å². The number of hydrogen-bond donors (Lipinski definition) is 1. The number of nitrogens with one attached hydrogen (secondary N) is 1. The van der Waals surface area contributed by atoms with Gasteiger partial charge in [-0.25, -0.2) is 0 Å². The Labute approximate surface area is 174 Å². The summed E-state index contributed by atoms with van der Waals surface area (Å²) in [6.07, 6.45) is 10.8. The number of hydrogen-bond acceptors (Lipinski definition) is 3. The zero-order valence-corrected chi connectivity index (χ0v) is 17.5. The molecule has 0 bridgehead atoms. The van der Waals surface area contributed by atoms with E-state index >= 15 is 0 Å². The zero-order valence-electron chi connectivity index (χ0n) is 17.5. The Morgan fingerprint density at radius 3 is 2.31 bits per heavy atom. The molecule has 3 fully saturated rings. The number of carbonyl (C=O) groups excluding carboxylic acids is 2. The first kappa shape index (κ1) is 20.4. The van der Waals surface area contributed by atoms with E-state index in [-0.39, 0.29) is 17.7 Å². The summed E-state index contributed by atoms with van der Waals surface area (Å²) in [4.78, 5) is 29.9. The maximum Gasteiger partial charge on any atom is 0.236 e. The summed E-state index contributed by atoms with van der Waals surface area (Å²) in [5.41, 5.74) is 0.846. The summed E-state index contributed by atoms with van der Waals surface area (Å²) >= 11 is 0. The van der Waals surface area contributed by atoms with Crippen LogP contribution in [0.15, 0.2) is 30.3 Å². The number of para-hydroxylation sites is 1. The molecular weight excluding hydrogens is 362 g/mol. The molecule has 0 unspecified atom stereocenters. The van der Waals surface area contributed by atoms with Gasteiger partial charge in [0.2, 0.25) is 11.8 Å². The van der Waals surface area contributed by atoms with Gasteiger partial charge in [0, 0.05) is 30.7 Å². The summed E-state index contributed by atoms with van der Waals surface area (Å²) in [5.74, 6) is 1.14. The Morgan fingerprint density at radius 1 is 0.862 bits per heavy atom. The first-order valence-electron chi connectivity index (χ1n) is 11.6. The number of carbonyl (C=O) groups is 2. The molecule has 3 aliphatic rings. The lowest BCUT2D eigenvalue weighted by Gasteiger charge is -2.36. The Hall–Kier alpha value is -1.88. The van der Waals surface area contributed by atoms with Crippen LogP contribution in [0, 0.1) is 11.8 Å². The van der Waals surface area contributed by atoms with Crippen molar-refractivity contribution < 1.29 is 9.59 Å². The van der Waals surface area contributed by atoms with E-state index in [4.69, 9.17) is 0 Å². The normalized spacial score (nSPS) is 24.6. The molecule has 0 aromatic heterocycles. The minimum Gasteiger partial charge on any atom is -0.342 e. The molecule has 1 N–H and O–H groups in total. The van der Waals surface area contributed by atoms with Gasteiger partial charge in [0.05, 0.1) is 6.54 Å². The summed E-state index contributed by atoms with van der Waals surface area (Å²) in [5, 5.41) is 3.01. The highest BCUT2D eigenvalue weighted by Crippen LogP contribution is 2.34. The van der Waals surface area contributed by atoms with E-state index in [2.05, 4.69) is 10.2 Å². The van der Waals surface area contributed by atoms with Gasteiger partial charge < -0.3 is 10.2 Å². The Morgan fingerprint density at radius 2 is 1.59 bits per heavy atom. The topological polar surface area (TPSA) is 52.7 Å². The van der Waals surface area contributed by atoms with Crippen molar-refractivity contribution in [1.29, 1.82) is 0 Å². The fourth-order valence-corrected chi connectivity index (χ4v) is 5.53. The monoisotopic (exact) mass is 397 g/mol. The third-order valence-corrected chi connectivity index (χ3v) is 7.21. The molecule has 158 valence electrons. The average molecular weight is 398 g/mol. The quantitative estimate of drug-likeness (QED) is 0.820. The highest BCUT2D eigenvalue weighted by molar-refractivity contribution is 5.92. The number of rotatable bonds is 5. The highest BCUT2D eigenvalue weighted by Gasteiger charge is 2.35. The van der Waals surface area contributed by atoms with E-state index in [1.54, 1.807) is 0 Å². The van der Waals surface area contributed by atoms with Crippen LogP contribution in [0.4, 0.5) is 5.69 Å². The van der Waals surface area contributed by atoms with Crippen molar-refractivity contribution in [2.75, 3.05) is 31.5 Å². The second-order valence-electron chi connectivity index (χ2n) is 9.09. The third-order valence-electron chi connectivity index (χ3n) is 7.21. The number of likely N-dealkylation sites (tertiary alicyclic amines) is 2. The second kappa shape index (κ2) is 9.75. The van der Waals surface area contributed by atoms with Crippen molar-refractivity contribution in [3.63, 3.8) is 0 Å². The van der Waals surface area contributed by atoms with Gasteiger partial charge in [-0.05, 0) is 63.1 Å². The minimum atomic E-state index is 0.000954. The van der Waals surface area contributed by atoms with E-state index in [1.165, 1.54) is 44.9 Å². The molecule has 4 rings (SSSR count). The molecule has 1 atom stereocenters. The minimum absolute atomic E-state index is 0.000954. The van der Waals surface area contributed by atoms with Crippen molar-refractivity contribution >= 4 is 17.5 Å². The van der Waals surface area contributed by atoms with Crippen LogP contribution < -0.4 is 5.32 Å². The third kappa shape index (κ3) is 5.19. The lowest BCUT2D eigenvalue weighted by atomic mass is 9.83. The molecule has 5 nitrogen and oxygen atoms in total. The number of anilines is 1.